The molecule has 1 unspecified atom stereocenters. The van der Waals surface area contributed by atoms with E-state index in [9.17, 15) is 9.59 Å². The molecule has 0 spiro atoms. The largest absolute Gasteiger partial charge is 0.342 e. The first-order chi connectivity index (χ1) is 20.2. The maximum Gasteiger partial charge on any atom is 0.261 e. The molecule has 42 heavy (non-hydrogen) atoms. The summed E-state index contributed by atoms with van der Waals surface area (Å²) in [6, 6.07) is 25.5. The van der Waals surface area contributed by atoms with Gasteiger partial charge in [0.05, 0.1) is 6.04 Å². The molecule has 0 radical (unpaired) electrons. The second-order valence-electron chi connectivity index (χ2n) is 12.4. The Morgan fingerprint density at radius 2 is 1.69 bits per heavy atom. The van der Waals surface area contributed by atoms with Gasteiger partial charge in [0, 0.05) is 52.3 Å². The Balaban J connectivity index is 1.55. The fourth-order valence-electron chi connectivity index (χ4n) is 6.44. The van der Waals surface area contributed by atoms with Crippen molar-refractivity contribution in [3.8, 4) is 0 Å². The summed E-state index contributed by atoms with van der Waals surface area (Å²) in [4.78, 5) is 34.4. The molecule has 1 amide bonds. The van der Waals surface area contributed by atoms with Crippen LogP contribution in [0.1, 0.15) is 78.3 Å². The van der Waals surface area contributed by atoms with Gasteiger partial charge in [-0.15, -0.1) is 0 Å². The number of H-pyrrole nitrogens is 1. The van der Waals surface area contributed by atoms with Gasteiger partial charge in [-0.2, -0.15) is 0 Å². The maximum absolute atomic E-state index is 14.4. The highest BCUT2D eigenvalue weighted by Gasteiger charge is 2.37. The van der Waals surface area contributed by atoms with E-state index in [0.717, 1.165) is 58.9 Å². The van der Waals surface area contributed by atoms with Crippen molar-refractivity contribution in [2.45, 2.75) is 64.5 Å². The monoisotopic (exact) mass is 560 g/mol. The summed E-state index contributed by atoms with van der Waals surface area (Å²) < 4.78 is 1.74. The van der Waals surface area contributed by atoms with Crippen LogP contribution in [0.2, 0.25) is 0 Å². The molecule has 3 N–H and O–H groups in total. The lowest BCUT2D eigenvalue weighted by atomic mass is 9.75. The van der Waals surface area contributed by atoms with E-state index in [1.165, 1.54) is 0 Å². The molecule has 216 valence electrons. The number of aromatic nitrogens is 2. The predicted octanol–water partition coefficient (Wildman–Crippen LogP) is 6.79. The van der Waals surface area contributed by atoms with Gasteiger partial charge in [0.15, 0.2) is 0 Å². The van der Waals surface area contributed by atoms with Crippen LogP contribution in [-0.4, -0.2) is 32.3 Å². The summed E-state index contributed by atoms with van der Waals surface area (Å²) in [6.07, 6.45) is 6.18. The summed E-state index contributed by atoms with van der Waals surface area (Å²) >= 11 is 0. The highest BCUT2D eigenvalue weighted by molar-refractivity contribution is 5.96. The molecule has 1 aliphatic rings. The molecule has 2 aromatic heterocycles. The Morgan fingerprint density at radius 3 is 2.36 bits per heavy atom. The number of aryl methyl sites for hydroxylation is 1. The minimum Gasteiger partial charge on any atom is -0.342 e. The zero-order valence-electron chi connectivity index (χ0n) is 24.8. The third-order valence-corrected chi connectivity index (χ3v) is 9.03. The average molecular weight is 561 g/mol. The van der Waals surface area contributed by atoms with Gasteiger partial charge in [-0.25, -0.2) is 0 Å². The SMILES string of the molecule is Cc1ccc(C(=O)N(CCC2(N)CCC2)C(c2[nH]c3c4ccccc4cn3c(=O)c2Cc2ccccc2)C(C)C)cc1. The molecule has 1 fully saturated rings. The summed E-state index contributed by atoms with van der Waals surface area (Å²) in [5.74, 6) is -0.00777. The minimum atomic E-state index is -0.354. The molecule has 6 nitrogen and oxygen atoms in total. The zero-order chi connectivity index (χ0) is 29.4. The molecule has 0 bridgehead atoms. The third-order valence-electron chi connectivity index (χ3n) is 9.03. The van der Waals surface area contributed by atoms with Crippen LogP contribution in [0.4, 0.5) is 0 Å². The topological polar surface area (TPSA) is 83.6 Å². The van der Waals surface area contributed by atoms with Crippen molar-refractivity contribution >= 4 is 22.3 Å². The van der Waals surface area contributed by atoms with Gasteiger partial charge in [-0.05, 0) is 56.2 Å². The second-order valence-corrected chi connectivity index (χ2v) is 12.4. The van der Waals surface area contributed by atoms with Crippen LogP contribution in [0.15, 0.2) is 89.9 Å². The number of amides is 1. The summed E-state index contributed by atoms with van der Waals surface area (Å²) in [6.45, 7) is 6.81. The van der Waals surface area contributed by atoms with Gasteiger partial charge < -0.3 is 15.6 Å². The molecule has 1 atom stereocenters. The van der Waals surface area contributed by atoms with Crippen LogP contribution >= 0.6 is 0 Å². The van der Waals surface area contributed by atoms with Crippen molar-refractivity contribution in [3.05, 3.63) is 123 Å². The van der Waals surface area contributed by atoms with E-state index in [2.05, 4.69) is 18.8 Å². The first-order valence-electron chi connectivity index (χ1n) is 15.1. The fraction of sp³-hybridized carbons (Fsp3) is 0.333. The van der Waals surface area contributed by atoms with Gasteiger partial charge >= 0.3 is 0 Å². The molecule has 0 aliphatic heterocycles. The van der Waals surface area contributed by atoms with Crippen LogP contribution in [0.25, 0.3) is 16.4 Å². The van der Waals surface area contributed by atoms with Gasteiger partial charge in [0.1, 0.15) is 5.65 Å². The van der Waals surface area contributed by atoms with Gasteiger partial charge in [0.2, 0.25) is 0 Å². The zero-order valence-corrected chi connectivity index (χ0v) is 24.8. The number of nitrogens with two attached hydrogens (primary N) is 1. The first-order valence-corrected chi connectivity index (χ1v) is 15.1. The van der Waals surface area contributed by atoms with E-state index >= 15 is 0 Å². The van der Waals surface area contributed by atoms with Crippen molar-refractivity contribution in [1.82, 2.24) is 14.3 Å². The van der Waals surface area contributed by atoms with E-state index < -0.39 is 0 Å². The molecule has 1 aliphatic carbocycles. The van der Waals surface area contributed by atoms with Crippen LogP contribution in [-0.2, 0) is 6.42 Å². The maximum atomic E-state index is 14.4. The van der Waals surface area contributed by atoms with Gasteiger partial charge in [-0.3, -0.25) is 14.0 Å². The molecular weight excluding hydrogens is 520 g/mol. The molecule has 3 aromatic carbocycles. The molecular formula is C36H40N4O2. The second kappa shape index (κ2) is 11.3. The van der Waals surface area contributed by atoms with Crippen LogP contribution in [0, 0.1) is 12.8 Å². The number of hydrogen-bond acceptors (Lipinski definition) is 3. The Labute approximate surface area is 247 Å². The van der Waals surface area contributed by atoms with Gasteiger partial charge in [0.25, 0.3) is 11.5 Å². The lowest BCUT2D eigenvalue weighted by Gasteiger charge is -2.42. The van der Waals surface area contributed by atoms with E-state index in [1.54, 1.807) is 4.40 Å². The quantitative estimate of drug-likeness (QED) is 0.208. The smallest absolute Gasteiger partial charge is 0.261 e. The van der Waals surface area contributed by atoms with E-state index in [-0.39, 0.29) is 29.0 Å². The van der Waals surface area contributed by atoms with Crippen molar-refractivity contribution in [2.24, 2.45) is 11.7 Å². The molecule has 0 saturated heterocycles. The van der Waals surface area contributed by atoms with Crippen molar-refractivity contribution in [2.75, 3.05) is 6.54 Å². The van der Waals surface area contributed by atoms with Crippen LogP contribution in [0.3, 0.4) is 0 Å². The van der Waals surface area contributed by atoms with Crippen molar-refractivity contribution < 1.29 is 4.79 Å². The first kappa shape index (κ1) is 28.0. The summed E-state index contributed by atoms with van der Waals surface area (Å²) in [7, 11) is 0. The van der Waals surface area contributed by atoms with Crippen molar-refractivity contribution in [1.29, 1.82) is 0 Å². The number of nitrogens with one attached hydrogen (secondary N) is 1. The van der Waals surface area contributed by atoms with Crippen LogP contribution in [0.5, 0.6) is 0 Å². The van der Waals surface area contributed by atoms with E-state index in [4.69, 9.17) is 5.73 Å². The lowest BCUT2D eigenvalue weighted by molar-refractivity contribution is 0.0573. The fourth-order valence-corrected chi connectivity index (χ4v) is 6.44. The number of carbonyl (C=O) groups is 1. The summed E-state index contributed by atoms with van der Waals surface area (Å²) in [5.41, 5.74) is 11.4. The highest BCUT2D eigenvalue weighted by Crippen LogP contribution is 2.36. The number of aromatic amines is 1. The number of rotatable bonds is 9. The standard InChI is InChI=1S/C36H40N4O2/c1-24(2)32(39(21-20-36(37)18-9-19-36)34(41)27-16-14-25(3)15-17-27)31-30(22-26-10-5-4-6-11-26)35(42)40-23-28-12-7-8-13-29(28)33(40)38-31/h4-8,10-17,23-24,32,38H,9,18-22,37H2,1-3H3. The van der Waals surface area contributed by atoms with E-state index in [1.807, 2.05) is 96.9 Å². The molecule has 5 aromatic rings. The number of hydrogen-bond donors (Lipinski definition) is 2. The predicted molar refractivity (Wildman–Crippen MR) is 170 cm³/mol. The number of carbonyl (C=O) groups excluding carboxylic acids is 1. The van der Waals surface area contributed by atoms with Crippen molar-refractivity contribution in [3.63, 3.8) is 0 Å². The Hall–Kier alpha value is -4.16. The average Bonchev–Trinajstić information content (AvgIpc) is 3.35. The molecule has 6 heteroatoms. The lowest BCUT2D eigenvalue weighted by Crippen LogP contribution is -2.50. The third kappa shape index (κ3) is 5.27. The number of fused-ring (bicyclic) bond motifs is 3. The Kier molecular flexibility index (Phi) is 7.50. The van der Waals surface area contributed by atoms with E-state index in [0.29, 0.717) is 24.1 Å². The summed E-state index contributed by atoms with van der Waals surface area (Å²) in [5, 5.41) is 1.98. The molecule has 1 saturated carbocycles. The highest BCUT2D eigenvalue weighted by atomic mass is 16.2. The molecule has 6 rings (SSSR count). The molecule has 2 heterocycles. The van der Waals surface area contributed by atoms with Gasteiger partial charge in [-0.1, -0.05) is 86.1 Å². The number of benzene rings is 3. The minimum absolute atomic E-state index is 0.0309. The van der Waals surface area contributed by atoms with Crippen LogP contribution < -0.4 is 11.3 Å². The number of nitrogens with zero attached hydrogens (tertiary/aromatic N) is 2. The normalized spacial score (nSPS) is 15.2. The Bertz CT molecular complexity index is 1780. The Morgan fingerprint density at radius 1 is 1.00 bits per heavy atom.